The second-order valence-electron chi connectivity index (χ2n) is 8.50. The molecule has 0 fully saturated rings. The van der Waals surface area contributed by atoms with Gasteiger partial charge in [0, 0.05) is 18.7 Å². The van der Waals surface area contributed by atoms with Crippen molar-refractivity contribution in [2.45, 2.75) is 17.5 Å². The Morgan fingerprint density at radius 3 is 2.18 bits per heavy atom. The molecule has 7 nitrogen and oxygen atoms in total. The van der Waals surface area contributed by atoms with Crippen LogP contribution in [0.5, 0.6) is 0 Å². The number of rotatable bonds is 10. The number of carbonyl (C=O) groups excluding carboxylic acids is 1. The minimum absolute atomic E-state index is 0.208. The Morgan fingerprint density at radius 1 is 0.821 bits per heavy atom. The third-order valence-corrected chi connectivity index (χ3v) is 7.20. The minimum Gasteiger partial charge on any atom is -0.370 e. The van der Waals surface area contributed by atoms with Crippen LogP contribution in [0, 0.1) is 0 Å². The minimum atomic E-state index is -4.44. The van der Waals surface area contributed by atoms with Crippen LogP contribution in [0.4, 0.5) is 24.7 Å². The smallest absolute Gasteiger partial charge is 0.370 e. The van der Waals surface area contributed by atoms with E-state index in [1.54, 1.807) is 54.6 Å². The number of sulfonamides is 1. The molecule has 1 heterocycles. The highest BCUT2D eigenvalue weighted by molar-refractivity contribution is 7.89. The summed E-state index contributed by atoms with van der Waals surface area (Å²) in [4.78, 5) is 17.4. The van der Waals surface area contributed by atoms with Gasteiger partial charge in [0.25, 0.3) is 5.91 Å². The lowest BCUT2D eigenvalue weighted by atomic mass is 9.98. The van der Waals surface area contributed by atoms with E-state index in [1.807, 2.05) is 0 Å². The van der Waals surface area contributed by atoms with Crippen molar-refractivity contribution in [1.29, 1.82) is 0 Å². The Labute approximate surface area is 224 Å². The van der Waals surface area contributed by atoms with Crippen LogP contribution in [0.3, 0.4) is 0 Å². The number of hydrogen-bond acceptors (Lipinski definition) is 5. The van der Waals surface area contributed by atoms with Crippen molar-refractivity contribution in [1.82, 2.24) is 9.71 Å². The van der Waals surface area contributed by atoms with E-state index in [1.165, 1.54) is 30.5 Å². The second kappa shape index (κ2) is 12.1. The quantitative estimate of drug-likeness (QED) is 0.215. The fourth-order valence-electron chi connectivity index (χ4n) is 3.74. The third-order valence-electron chi connectivity index (χ3n) is 5.72. The van der Waals surface area contributed by atoms with E-state index < -0.39 is 27.7 Å². The first-order valence-electron chi connectivity index (χ1n) is 12.0. The van der Waals surface area contributed by atoms with Crippen LogP contribution in [0.1, 0.15) is 22.3 Å². The Hall–Kier alpha value is -4.22. The molecule has 0 atom stereocenters. The monoisotopic (exact) mass is 554 g/mol. The molecule has 0 spiro atoms. The first-order chi connectivity index (χ1) is 18.6. The fourth-order valence-corrected chi connectivity index (χ4v) is 4.83. The van der Waals surface area contributed by atoms with Crippen LogP contribution in [-0.2, 0) is 16.2 Å². The maximum atomic E-state index is 13.0. The highest BCUT2D eigenvalue weighted by atomic mass is 32.2. The number of pyridine rings is 1. The van der Waals surface area contributed by atoms with E-state index in [2.05, 4.69) is 20.3 Å². The van der Waals surface area contributed by atoms with E-state index >= 15 is 0 Å². The molecule has 4 rings (SSSR count). The van der Waals surface area contributed by atoms with Crippen LogP contribution < -0.4 is 15.4 Å². The summed E-state index contributed by atoms with van der Waals surface area (Å²) in [6.45, 7) is 0.716. The van der Waals surface area contributed by atoms with Gasteiger partial charge in [-0.3, -0.25) is 4.79 Å². The number of halogens is 3. The van der Waals surface area contributed by atoms with Gasteiger partial charge in [0.05, 0.1) is 22.3 Å². The number of hydrogen-bond donors (Lipinski definition) is 3. The predicted octanol–water partition coefficient (Wildman–Crippen LogP) is 5.80. The van der Waals surface area contributed by atoms with Crippen LogP contribution in [0.25, 0.3) is 11.1 Å². The van der Waals surface area contributed by atoms with Crippen molar-refractivity contribution in [3.05, 3.63) is 108 Å². The summed E-state index contributed by atoms with van der Waals surface area (Å²) in [5.41, 5.74) is 0.956. The lowest BCUT2D eigenvalue weighted by Crippen LogP contribution is -2.26. The number of anilines is 2. The van der Waals surface area contributed by atoms with Gasteiger partial charge in [0.2, 0.25) is 10.0 Å². The largest absolute Gasteiger partial charge is 0.416 e. The summed E-state index contributed by atoms with van der Waals surface area (Å²) in [5.74, 6) is 0.114. The molecule has 1 aromatic heterocycles. The first kappa shape index (κ1) is 27.8. The van der Waals surface area contributed by atoms with E-state index in [0.29, 0.717) is 41.2 Å². The van der Waals surface area contributed by atoms with E-state index in [4.69, 9.17) is 0 Å². The average Bonchev–Trinajstić information content (AvgIpc) is 2.94. The summed E-state index contributed by atoms with van der Waals surface area (Å²) in [7, 11) is -3.55. The van der Waals surface area contributed by atoms with Gasteiger partial charge in [-0.1, -0.05) is 48.5 Å². The highest BCUT2D eigenvalue weighted by Gasteiger charge is 2.30. The highest BCUT2D eigenvalue weighted by Crippen LogP contribution is 2.32. The molecule has 1 amide bonds. The number of nitrogens with zero attached hydrogens (tertiary/aromatic N) is 1. The Bertz CT molecular complexity index is 1510. The molecular formula is C28H25F3N4O3S. The number of amides is 1. The zero-order valence-corrected chi connectivity index (χ0v) is 21.4. The van der Waals surface area contributed by atoms with Gasteiger partial charge in [0.1, 0.15) is 5.82 Å². The van der Waals surface area contributed by atoms with Crippen molar-refractivity contribution < 1.29 is 26.4 Å². The van der Waals surface area contributed by atoms with Crippen molar-refractivity contribution in [2.24, 2.45) is 0 Å². The molecule has 4 aromatic rings. The molecule has 0 radical (unpaired) electrons. The average molecular weight is 555 g/mol. The summed E-state index contributed by atoms with van der Waals surface area (Å²) >= 11 is 0. The zero-order chi connectivity index (χ0) is 27.9. The topological polar surface area (TPSA) is 100 Å². The molecule has 0 aliphatic heterocycles. The number of carbonyl (C=O) groups is 1. The molecule has 39 heavy (non-hydrogen) atoms. The lowest BCUT2D eigenvalue weighted by Gasteiger charge is -2.12. The lowest BCUT2D eigenvalue weighted by molar-refractivity contribution is -0.137. The van der Waals surface area contributed by atoms with Crippen molar-refractivity contribution in [3.8, 4) is 11.1 Å². The van der Waals surface area contributed by atoms with E-state index in [0.717, 1.165) is 12.1 Å². The van der Waals surface area contributed by atoms with E-state index in [-0.39, 0.29) is 11.4 Å². The van der Waals surface area contributed by atoms with Gasteiger partial charge in [-0.25, -0.2) is 18.1 Å². The zero-order valence-electron chi connectivity index (χ0n) is 20.6. The molecule has 3 N–H and O–H groups in total. The fraction of sp³-hybridized carbons (Fsp3) is 0.143. The van der Waals surface area contributed by atoms with E-state index in [9.17, 15) is 26.4 Å². The van der Waals surface area contributed by atoms with Crippen molar-refractivity contribution >= 4 is 27.4 Å². The van der Waals surface area contributed by atoms with Gasteiger partial charge in [-0.15, -0.1) is 0 Å². The van der Waals surface area contributed by atoms with Crippen molar-refractivity contribution in [2.75, 3.05) is 23.7 Å². The second-order valence-corrected chi connectivity index (χ2v) is 10.3. The summed E-state index contributed by atoms with van der Waals surface area (Å²) in [6, 6.07) is 22.7. The van der Waals surface area contributed by atoms with Crippen LogP contribution in [-0.4, -0.2) is 32.4 Å². The Morgan fingerprint density at radius 2 is 1.51 bits per heavy atom. The van der Waals surface area contributed by atoms with Gasteiger partial charge in [-0.05, 0) is 60.0 Å². The molecular weight excluding hydrogens is 529 g/mol. The molecule has 11 heteroatoms. The number of benzene rings is 3. The summed E-state index contributed by atoms with van der Waals surface area (Å²) in [6.07, 6.45) is -2.45. The van der Waals surface area contributed by atoms with Gasteiger partial charge >= 0.3 is 6.18 Å². The Kier molecular flexibility index (Phi) is 8.62. The maximum absolute atomic E-state index is 13.0. The Balaban J connectivity index is 1.30. The first-order valence-corrected chi connectivity index (χ1v) is 13.4. The third kappa shape index (κ3) is 7.43. The molecule has 3 aromatic carbocycles. The van der Waals surface area contributed by atoms with Gasteiger partial charge in [0.15, 0.2) is 0 Å². The molecule has 0 aliphatic rings. The summed E-state index contributed by atoms with van der Waals surface area (Å²) in [5, 5.41) is 5.84. The van der Waals surface area contributed by atoms with Gasteiger partial charge < -0.3 is 10.6 Å². The maximum Gasteiger partial charge on any atom is 0.416 e. The standard InChI is InChI=1S/C28H25F3N4O3S/c29-28(30,31)21-13-11-20(12-14-21)24-9-4-5-10-25(24)27(36)35-22-15-16-26(33-19-22)32-17-6-18-34-39(37,38)23-7-2-1-3-8-23/h1-5,7-16,19,34H,6,17-18H2,(H,32,33)(H,35,36). The molecule has 0 unspecified atom stereocenters. The predicted molar refractivity (Wildman–Crippen MR) is 144 cm³/mol. The number of aromatic nitrogens is 1. The molecule has 0 bridgehead atoms. The van der Waals surface area contributed by atoms with Crippen molar-refractivity contribution in [3.63, 3.8) is 0 Å². The number of alkyl halides is 3. The SMILES string of the molecule is O=C(Nc1ccc(NCCCNS(=O)(=O)c2ccccc2)nc1)c1ccccc1-c1ccc(C(F)(F)F)cc1. The number of nitrogens with one attached hydrogen (secondary N) is 3. The van der Waals surface area contributed by atoms with Gasteiger partial charge in [-0.2, -0.15) is 13.2 Å². The molecule has 0 saturated carbocycles. The normalized spacial score (nSPS) is 11.7. The summed E-state index contributed by atoms with van der Waals surface area (Å²) < 4.78 is 65.7. The molecule has 0 saturated heterocycles. The van der Waals surface area contributed by atoms with Crippen LogP contribution in [0.2, 0.25) is 0 Å². The molecule has 0 aliphatic carbocycles. The van der Waals surface area contributed by atoms with Crippen LogP contribution in [0.15, 0.2) is 102 Å². The van der Waals surface area contributed by atoms with Crippen LogP contribution >= 0.6 is 0 Å². The molecule has 202 valence electrons.